The standard InChI is InChI=1S/C7H4F3NO6S/c8-7(9,10)18(15,16)17-4-1-2-5(11(13)14)6(12)3-4/h1-3,12H. The number of hydrogen-bond acceptors (Lipinski definition) is 6. The Morgan fingerprint density at radius 3 is 2.28 bits per heavy atom. The summed E-state index contributed by atoms with van der Waals surface area (Å²) in [6.07, 6.45) is 0. The van der Waals surface area contributed by atoms with E-state index < -0.39 is 37.7 Å². The summed E-state index contributed by atoms with van der Waals surface area (Å²) in [5.74, 6) is -1.91. The van der Waals surface area contributed by atoms with Gasteiger partial charge >= 0.3 is 21.3 Å². The van der Waals surface area contributed by atoms with Gasteiger partial charge in [0.25, 0.3) is 0 Å². The number of benzene rings is 1. The van der Waals surface area contributed by atoms with E-state index in [0.717, 1.165) is 0 Å². The van der Waals surface area contributed by atoms with Gasteiger partial charge in [-0.05, 0) is 6.07 Å². The maximum absolute atomic E-state index is 11.9. The molecule has 11 heteroatoms. The molecular formula is C7H4F3NO6S. The average molecular weight is 287 g/mol. The molecule has 0 atom stereocenters. The lowest BCUT2D eigenvalue weighted by atomic mass is 10.3. The molecule has 0 bridgehead atoms. The third kappa shape index (κ3) is 2.80. The van der Waals surface area contributed by atoms with Gasteiger partial charge in [-0.2, -0.15) is 21.6 Å². The van der Waals surface area contributed by atoms with Gasteiger partial charge in [0.05, 0.1) is 4.92 Å². The summed E-state index contributed by atoms with van der Waals surface area (Å²) < 4.78 is 60.7. The van der Waals surface area contributed by atoms with E-state index in [1.807, 2.05) is 0 Å². The topological polar surface area (TPSA) is 107 Å². The number of halogens is 3. The summed E-state index contributed by atoms with van der Waals surface area (Å²) >= 11 is 0. The van der Waals surface area contributed by atoms with E-state index in [9.17, 15) is 31.7 Å². The Labute approximate surface area is 97.7 Å². The highest BCUT2D eigenvalue weighted by atomic mass is 32.2. The maximum atomic E-state index is 11.9. The number of aromatic hydroxyl groups is 1. The van der Waals surface area contributed by atoms with Gasteiger partial charge in [0.15, 0.2) is 5.75 Å². The van der Waals surface area contributed by atoms with Crippen LogP contribution in [0, 0.1) is 10.1 Å². The molecule has 0 aliphatic carbocycles. The number of phenolic OH excluding ortho intramolecular Hbond substituents is 1. The first-order valence-electron chi connectivity index (χ1n) is 4.03. The van der Waals surface area contributed by atoms with Crippen LogP contribution in [-0.2, 0) is 10.1 Å². The maximum Gasteiger partial charge on any atom is 0.534 e. The van der Waals surface area contributed by atoms with Crippen molar-refractivity contribution >= 4 is 15.8 Å². The lowest BCUT2D eigenvalue weighted by Gasteiger charge is -2.09. The third-order valence-electron chi connectivity index (χ3n) is 1.63. The van der Waals surface area contributed by atoms with Gasteiger partial charge in [0, 0.05) is 12.1 Å². The molecule has 0 unspecified atom stereocenters. The Kier molecular flexibility index (Phi) is 3.37. The molecule has 1 aromatic carbocycles. The summed E-state index contributed by atoms with van der Waals surface area (Å²) in [5, 5.41) is 19.3. The molecular weight excluding hydrogens is 283 g/mol. The van der Waals surface area contributed by atoms with E-state index in [1.165, 1.54) is 0 Å². The Balaban J connectivity index is 3.09. The average Bonchev–Trinajstić information content (AvgIpc) is 2.14. The Morgan fingerprint density at radius 2 is 1.89 bits per heavy atom. The van der Waals surface area contributed by atoms with Gasteiger partial charge in [0.2, 0.25) is 0 Å². The van der Waals surface area contributed by atoms with Crippen molar-refractivity contribution in [1.29, 1.82) is 0 Å². The number of hydrogen-bond donors (Lipinski definition) is 1. The predicted octanol–water partition coefficient (Wildman–Crippen LogP) is 1.53. The van der Waals surface area contributed by atoms with E-state index >= 15 is 0 Å². The van der Waals surface area contributed by atoms with Crippen molar-refractivity contribution in [3.05, 3.63) is 28.3 Å². The second-order valence-corrected chi connectivity index (χ2v) is 4.43. The van der Waals surface area contributed by atoms with E-state index in [0.29, 0.717) is 18.2 Å². The highest BCUT2D eigenvalue weighted by Gasteiger charge is 2.48. The quantitative estimate of drug-likeness (QED) is 0.391. The molecule has 0 radical (unpaired) electrons. The van der Waals surface area contributed by atoms with E-state index in [1.54, 1.807) is 0 Å². The third-order valence-corrected chi connectivity index (χ3v) is 2.61. The van der Waals surface area contributed by atoms with Crippen LogP contribution in [0.2, 0.25) is 0 Å². The molecule has 100 valence electrons. The second kappa shape index (κ2) is 4.33. The van der Waals surface area contributed by atoms with E-state index in [4.69, 9.17) is 5.11 Å². The van der Waals surface area contributed by atoms with Crippen LogP contribution in [0.1, 0.15) is 0 Å². The smallest absolute Gasteiger partial charge is 0.502 e. The van der Waals surface area contributed by atoms with Crippen molar-refractivity contribution in [2.45, 2.75) is 5.51 Å². The SMILES string of the molecule is O=[N+]([O-])c1ccc(OS(=O)(=O)C(F)(F)F)cc1O. The van der Waals surface area contributed by atoms with Crippen LogP contribution in [-0.4, -0.2) is 24.0 Å². The van der Waals surface area contributed by atoms with Crippen LogP contribution in [0.5, 0.6) is 11.5 Å². The van der Waals surface area contributed by atoms with Crippen LogP contribution >= 0.6 is 0 Å². The van der Waals surface area contributed by atoms with E-state index in [-0.39, 0.29) is 0 Å². The molecule has 0 saturated carbocycles. The molecule has 0 aliphatic heterocycles. The molecule has 0 heterocycles. The van der Waals surface area contributed by atoms with Crippen molar-refractivity contribution < 1.29 is 35.8 Å². The van der Waals surface area contributed by atoms with Gasteiger partial charge in [-0.25, -0.2) is 0 Å². The van der Waals surface area contributed by atoms with Gasteiger partial charge in [-0.15, -0.1) is 0 Å². The molecule has 0 amide bonds. The van der Waals surface area contributed by atoms with Crippen LogP contribution < -0.4 is 4.18 Å². The highest BCUT2D eigenvalue weighted by molar-refractivity contribution is 7.87. The number of alkyl halides is 3. The van der Waals surface area contributed by atoms with Gasteiger partial charge in [-0.3, -0.25) is 10.1 Å². The largest absolute Gasteiger partial charge is 0.534 e. The summed E-state index contributed by atoms with van der Waals surface area (Å²) in [6, 6.07) is 1.61. The van der Waals surface area contributed by atoms with Crippen molar-refractivity contribution in [2.75, 3.05) is 0 Å². The minimum atomic E-state index is -5.88. The normalized spacial score (nSPS) is 12.2. The number of phenols is 1. The van der Waals surface area contributed by atoms with Crippen molar-refractivity contribution in [3.8, 4) is 11.5 Å². The second-order valence-electron chi connectivity index (χ2n) is 2.89. The molecule has 1 aromatic rings. The van der Waals surface area contributed by atoms with Crippen LogP contribution in [0.3, 0.4) is 0 Å². The lowest BCUT2D eigenvalue weighted by Crippen LogP contribution is -2.28. The monoisotopic (exact) mass is 287 g/mol. The molecule has 1 rings (SSSR count). The first-order chi connectivity index (χ1) is 8.04. The number of nitro benzene ring substituents is 1. The number of nitrogens with zero attached hydrogens (tertiary/aromatic N) is 1. The fraction of sp³-hybridized carbons (Fsp3) is 0.143. The zero-order valence-corrected chi connectivity index (χ0v) is 9.03. The minimum Gasteiger partial charge on any atom is -0.502 e. The van der Waals surface area contributed by atoms with Crippen LogP contribution in [0.25, 0.3) is 0 Å². The fourth-order valence-electron chi connectivity index (χ4n) is 0.883. The summed E-state index contributed by atoms with van der Waals surface area (Å²) in [4.78, 5) is 9.28. The van der Waals surface area contributed by atoms with Crippen LogP contribution in [0.15, 0.2) is 18.2 Å². The molecule has 18 heavy (non-hydrogen) atoms. The van der Waals surface area contributed by atoms with Gasteiger partial charge < -0.3 is 9.29 Å². The fourth-order valence-corrected chi connectivity index (χ4v) is 1.33. The molecule has 1 N–H and O–H groups in total. The van der Waals surface area contributed by atoms with Gasteiger partial charge in [0.1, 0.15) is 5.75 Å². The molecule has 0 aromatic heterocycles. The Morgan fingerprint density at radius 1 is 1.33 bits per heavy atom. The first kappa shape index (κ1) is 14.0. The minimum absolute atomic E-state index is 0.390. The van der Waals surface area contributed by atoms with Crippen LogP contribution in [0.4, 0.5) is 18.9 Å². The number of nitro groups is 1. The van der Waals surface area contributed by atoms with Gasteiger partial charge in [-0.1, -0.05) is 0 Å². The Hall–Kier alpha value is -2.04. The molecule has 0 aliphatic rings. The molecule has 7 nitrogen and oxygen atoms in total. The molecule has 0 saturated heterocycles. The zero-order valence-electron chi connectivity index (χ0n) is 8.21. The lowest BCUT2D eigenvalue weighted by molar-refractivity contribution is -0.385. The molecule has 0 fully saturated rings. The van der Waals surface area contributed by atoms with Crippen molar-refractivity contribution in [1.82, 2.24) is 0 Å². The Bertz CT molecular complexity index is 581. The molecule has 0 spiro atoms. The van der Waals surface area contributed by atoms with E-state index in [2.05, 4.69) is 4.18 Å². The zero-order chi connectivity index (χ0) is 14.1. The predicted molar refractivity (Wildman–Crippen MR) is 50.4 cm³/mol. The summed E-state index contributed by atoms with van der Waals surface area (Å²) in [7, 11) is -5.88. The number of rotatable bonds is 3. The van der Waals surface area contributed by atoms with Crippen molar-refractivity contribution in [3.63, 3.8) is 0 Å². The summed E-state index contributed by atoms with van der Waals surface area (Å²) in [6.45, 7) is 0. The highest BCUT2D eigenvalue weighted by Crippen LogP contribution is 2.32. The summed E-state index contributed by atoms with van der Waals surface area (Å²) in [5.41, 5.74) is -6.43. The van der Waals surface area contributed by atoms with Crippen molar-refractivity contribution in [2.24, 2.45) is 0 Å². The first-order valence-corrected chi connectivity index (χ1v) is 5.43.